The fourth-order valence-corrected chi connectivity index (χ4v) is 2.04. The van der Waals surface area contributed by atoms with Crippen molar-refractivity contribution in [2.24, 2.45) is 11.1 Å². The summed E-state index contributed by atoms with van der Waals surface area (Å²) in [5.74, 6) is 0.199. The quantitative estimate of drug-likeness (QED) is 0.726. The lowest BCUT2D eigenvalue weighted by molar-refractivity contribution is -0.145. The van der Waals surface area contributed by atoms with Crippen molar-refractivity contribution in [2.45, 2.75) is 13.8 Å². The molecule has 0 aromatic carbocycles. The molecule has 0 spiro atoms. The van der Waals surface area contributed by atoms with Gasteiger partial charge < -0.3 is 20.4 Å². The van der Waals surface area contributed by atoms with Crippen molar-refractivity contribution in [1.82, 2.24) is 14.7 Å². The van der Waals surface area contributed by atoms with Crippen LogP contribution >= 0.6 is 0 Å². The molecule has 6 heteroatoms. The van der Waals surface area contributed by atoms with E-state index in [4.69, 9.17) is 5.73 Å². The van der Waals surface area contributed by atoms with Crippen molar-refractivity contribution >= 4 is 11.8 Å². The molecule has 0 aliphatic carbocycles. The fraction of sp³-hybridized carbons (Fsp3) is 0.846. The van der Waals surface area contributed by atoms with Crippen molar-refractivity contribution in [3.8, 4) is 0 Å². The number of carbonyl (C=O) groups is 2. The van der Waals surface area contributed by atoms with Gasteiger partial charge in [-0.1, -0.05) is 0 Å². The Kier molecular flexibility index (Phi) is 5.31. The Morgan fingerprint density at radius 3 is 2.00 bits per heavy atom. The molecule has 1 fully saturated rings. The third-order valence-corrected chi connectivity index (χ3v) is 3.46. The highest BCUT2D eigenvalue weighted by atomic mass is 16.2. The number of hydrogen-bond acceptors (Lipinski definition) is 4. The molecule has 110 valence electrons. The molecule has 0 saturated carbocycles. The first-order valence-electron chi connectivity index (χ1n) is 6.70. The summed E-state index contributed by atoms with van der Waals surface area (Å²) in [5.41, 5.74) is 5.11. The molecular formula is C13H26N4O2. The number of piperazine rings is 1. The molecule has 1 heterocycles. The number of carbonyl (C=O) groups excluding carboxylic acids is 2. The summed E-state index contributed by atoms with van der Waals surface area (Å²) in [6.07, 6.45) is 0. The van der Waals surface area contributed by atoms with Crippen LogP contribution in [0.3, 0.4) is 0 Å². The largest absolute Gasteiger partial charge is 0.339 e. The van der Waals surface area contributed by atoms with Gasteiger partial charge in [-0.25, -0.2) is 0 Å². The Morgan fingerprint density at radius 2 is 1.58 bits per heavy atom. The van der Waals surface area contributed by atoms with Crippen LogP contribution in [-0.4, -0.2) is 79.9 Å². The monoisotopic (exact) mass is 270 g/mol. The smallest absolute Gasteiger partial charge is 0.236 e. The van der Waals surface area contributed by atoms with E-state index in [1.807, 2.05) is 42.6 Å². The highest BCUT2D eigenvalue weighted by molar-refractivity contribution is 5.83. The summed E-state index contributed by atoms with van der Waals surface area (Å²) in [5, 5.41) is 0. The first kappa shape index (κ1) is 15.9. The van der Waals surface area contributed by atoms with E-state index < -0.39 is 5.41 Å². The summed E-state index contributed by atoms with van der Waals surface area (Å²) in [6, 6.07) is 0. The summed E-state index contributed by atoms with van der Waals surface area (Å²) in [4.78, 5) is 29.6. The number of hydrogen-bond donors (Lipinski definition) is 1. The van der Waals surface area contributed by atoms with Gasteiger partial charge in [-0.2, -0.15) is 0 Å². The van der Waals surface area contributed by atoms with Crippen molar-refractivity contribution in [3.05, 3.63) is 0 Å². The Bertz CT molecular complexity index is 334. The molecule has 0 atom stereocenters. The topological polar surface area (TPSA) is 69.9 Å². The zero-order chi connectivity index (χ0) is 14.6. The second kappa shape index (κ2) is 6.34. The summed E-state index contributed by atoms with van der Waals surface area (Å²) >= 11 is 0. The predicted molar refractivity (Wildman–Crippen MR) is 74.5 cm³/mol. The van der Waals surface area contributed by atoms with Crippen LogP contribution in [0.25, 0.3) is 0 Å². The van der Waals surface area contributed by atoms with Gasteiger partial charge in [0.15, 0.2) is 0 Å². The second-order valence-electron chi connectivity index (χ2n) is 6.00. The van der Waals surface area contributed by atoms with Gasteiger partial charge in [0.1, 0.15) is 0 Å². The molecule has 0 aromatic heterocycles. The van der Waals surface area contributed by atoms with Crippen LogP contribution in [-0.2, 0) is 9.59 Å². The Labute approximate surface area is 115 Å². The second-order valence-corrected chi connectivity index (χ2v) is 6.00. The lowest BCUT2D eigenvalue weighted by Gasteiger charge is -2.38. The zero-order valence-corrected chi connectivity index (χ0v) is 12.5. The molecule has 0 aromatic rings. The molecule has 6 nitrogen and oxygen atoms in total. The van der Waals surface area contributed by atoms with Crippen LogP contribution < -0.4 is 5.73 Å². The Morgan fingerprint density at radius 1 is 1.11 bits per heavy atom. The Balaban J connectivity index is 2.49. The van der Waals surface area contributed by atoms with Gasteiger partial charge in [0.05, 0.1) is 12.0 Å². The van der Waals surface area contributed by atoms with E-state index in [1.54, 1.807) is 0 Å². The van der Waals surface area contributed by atoms with Gasteiger partial charge in [0, 0.05) is 32.7 Å². The molecule has 0 bridgehead atoms. The van der Waals surface area contributed by atoms with Gasteiger partial charge in [-0.15, -0.1) is 0 Å². The van der Waals surface area contributed by atoms with E-state index in [2.05, 4.69) is 0 Å². The van der Waals surface area contributed by atoms with Gasteiger partial charge in [-0.05, 0) is 27.9 Å². The minimum absolute atomic E-state index is 0.0784. The van der Waals surface area contributed by atoms with Gasteiger partial charge in [0.2, 0.25) is 11.8 Å². The maximum atomic E-state index is 12.2. The summed E-state index contributed by atoms with van der Waals surface area (Å²) in [7, 11) is 3.75. The normalized spacial score (nSPS) is 16.9. The number of amides is 2. The lowest BCUT2D eigenvalue weighted by Crippen LogP contribution is -2.55. The van der Waals surface area contributed by atoms with E-state index in [0.29, 0.717) is 39.3 Å². The minimum Gasteiger partial charge on any atom is -0.339 e. The molecule has 0 radical (unpaired) electrons. The average molecular weight is 270 g/mol. The van der Waals surface area contributed by atoms with Gasteiger partial charge in [0.25, 0.3) is 0 Å². The standard InChI is InChI=1S/C13H26N4O2/c1-13(2,10-14)12(19)17-7-5-16(6-8-17)11(18)9-15(3)4/h5-10,14H2,1-4H3. The SMILES string of the molecule is CN(C)CC(=O)N1CCN(C(=O)C(C)(C)CN)CC1. The average Bonchev–Trinajstić information content (AvgIpc) is 2.37. The summed E-state index contributed by atoms with van der Waals surface area (Å²) in [6.45, 7) is 6.90. The van der Waals surface area contributed by atoms with Gasteiger partial charge in [-0.3, -0.25) is 9.59 Å². The summed E-state index contributed by atoms with van der Waals surface area (Å²) < 4.78 is 0. The highest BCUT2D eigenvalue weighted by Crippen LogP contribution is 2.18. The number of nitrogens with two attached hydrogens (primary N) is 1. The van der Waals surface area contributed by atoms with Crippen molar-refractivity contribution in [3.63, 3.8) is 0 Å². The molecule has 2 amide bonds. The van der Waals surface area contributed by atoms with E-state index in [1.165, 1.54) is 0 Å². The van der Waals surface area contributed by atoms with Crippen LogP contribution in [0.15, 0.2) is 0 Å². The van der Waals surface area contributed by atoms with Crippen LogP contribution in [0.5, 0.6) is 0 Å². The molecule has 2 N–H and O–H groups in total. The molecule has 1 aliphatic rings. The van der Waals surface area contributed by atoms with E-state index in [0.717, 1.165) is 0 Å². The van der Waals surface area contributed by atoms with Crippen molar-refractivity contribution in [1.29, 1.82) is 0 Å². The zero-order valence-electron chi connectivity index (χ0n) is 12.5. The third kappa shape index (κ3) is 4.18. The third-order valence-electron chi connectivity index (χ3n) is 3.46. The molecule has 0 unspecified atom stereocenters. The maximum Gasteiger partial charge on any atom is 0.236 e. The number of likely N-dealkylation sites (N-methyl/N-ethyl adjacent to an activating group) is 1. The van der Waals surface area contributed by atoms with E-state index in [-0.39, 0.29) is 11.8 Å². The first-order chi connectivity index (χ1) is 8.77. The van der Waals surface area contributed by atoms with Crippen molar-refractivity contribution in [2.75, 3.05) is 53.4 Å². The Hall–Kier alpha value is -1.14. The first-order valence-corrected chi connectivity index (χ1v) is 6.70. The van der Waals surface area contributed by atoms with Gasteiger partial charge >= 0.3 is 0 Å². The highest BCUT2D eigenvalue weighted by Gasteiger charge is 2.33. The predicted octanol–water partition coefficient (Wildman–Crippen LogP) is -0.796. The minimum atomic E-state index is -0.518. The van der Waals surface area contributed by atoms with Crippen LogP contribution in [0.2, 0.25) is 0 Å². The van der Waals surface area contributed by atoms with E-state index in [9.17, 15) is 9.59 Å². The number of nitrogens with zero attached hydrogens (tertiary/aromatic N) is 3. The number of rotatable bonds is 4. The molecule has 19 heavy (non-hydrogen) atoms. The van der Waals surface area contributed by atoms with E-state index >= 15 is 0 Å². The van der Waals surface area contributed by atoms with Crippen LogP contribution in [0.1, 0.15) is 13.8 Å². The molecule has 1 aliphatic heterocycles. The molecule has 1 saturated heterocycles. The fourth-order valence-electron chi connectivity index (χ4n) is 2.04. The molecule has 1 rings (SSSR count). The van der Waals surface area contributed by atoms with Crippen molar-refractivity contribution < 1.29 is 9.59 Å². The van der Waals surface area contributed by atoms with Crippen LogP contribution in [0.4, 0.5) is 0 Å². The molecular weight excluding hydrogens is 244 g/mol. The van der Waals surface area contributed by atoms with Crippen LogP contribution in [0, 0.1) is 5.41 Å². The lowest BCUT2D eigenvalue weighted by atomic mass is 9.91. The maximum absolute atomic E-state index is 12.2.